The second-order valence-electron chi connectivity index (χ2n) is 8.20. The second-order valence-corrected chi connectivity index (χ2v) is 8.20. The van der Waals surface area contributed by atoms with Crippen molar-refractivity contribution in [3.63, 3.8) is 0 Å². The van der Waals surface area contributed by atoms with Crippen molar-refractivity contribution in [1.82, 2.24) is 14.9 Å². The summed E-state index contributed by atoms with van der Waals surface area (Å²) in [7, 11) is 1.68. The summed E-state index contributed by atoms with van der Waals surface area (Å²) in [6.45, 7) is 3.91. The molecule has 7 nitrogen and oxygen atoms in total. The van der Waals surface area contributed by atoms with Crippen LogP contribution in [0.3, 0.4) is 0 Å². The summed E-state index contributed by atoms with van der Waals surface area (Å²) in [5.74, 6) is 2.68. The molecule has 0 amide bonds. The quantitative estimate of drug-likeness (QED) is 0.474. The fourth-order valence-electron chi connectivity index (χ4n) is 4.04. The fourth-order valence-corrected chi connectivity index (χ4v) is 4.04. The third-order valence-electron chi connectivity index (χ3n) is 5.81. The van der Waals surface area contributed by atoms with Gasteiger partial charge in [-0.2, -0.15) is 9.97 Å². The third-order valence-corrected chi connectivity index (χ3v) is 5.81. The Labute approximate surface area is 190 Å². The summed E-state index contributed by atoms with van der Waals surface area (Å²) < 4.78 is 5.21. The highest BCUT2D eigenvalue weighted by atomic mass is 16.5. The van der Waals surface area contributed by atoms with Gasteiger partial charge >= 0.3 is 0 Å². The van der Waals surface area contributed by atoms with Gasteiger partial charge in [0.25, 0.3) is 0 Å². The maximum absolute atomic E-state index is 5.96. The summed E-state index contributed by atoms with van der Waals surface area (Å²) in [6, 6.07) is 21.1. The smallest absolute Gasteiger partial charge is 0.223 e. The number of hydrogen-bond acceptors (Lipinski definition) is 7. The molecule has 0 unspecified atom stereocenters. The van der Waals surface area contributed by atoms with Crippen LogP contribution in [0.5, 0.6) is 5.75 Å². The maximum atomic E-state index is 5.96. The van der Waals surface area contributed by atoms with Gasteiger partial charge in [0.15, 0.2) is 0 Å². The standard InChI is InChI=1S/C25H32N6O/c1-32-22-9-7-19(8-10-22)11-14-27-23-17-24(30-25(26)29-23)28-21-12-15-31(16-13-21)18-20-5-3-2-4-6-20/h2-10,17,21H,11-16,18H2,1H3,(H4,26,27,28,29,30). The van der Waals surface area contributed by atoms with Crippen molar-refractivity contribution < 1.29 is 4.74 Å². The topological polar surface area (TPSA) is 88.3 Å². The van der Waals surface area contributed by atoms with Crippen LogP contribution in [0.15, 0.2) is 60.7 Å². The van der Waals surface area contributed by atoms with Gasteiger partial charge in [0.2, 0.25) is 5.95 Å². The van der Waals surface area contributed by atoms with Gasteiger partial charge in [-0.25, -0.2) is 0 Å². The van der Waals surface area contributed by atoms with Crippen molar-refractivity contribution >= 4 is 17.6 Å². The predicted octanol–water partition coefficient (Wildman–Crippen LogP) is 3.80. The Hall–Kier alpha value is -3.32. The van der Waals surface area contributed by atoms with Crippen LogP contribution in [0.1, 0.15) is 24.0 Å². The molecule has 4 rings (SSSR count). The van der Waals surface area contributed by atoms with Crippen molar-refractivity contribution in [3.8, 4) is 5.75 Å². The number of benzene rings is 2. The minimum Gasteiger partial charge on any atom is -0.497 e. The lowest BCUT2D eigenvalue weighted by molar-refractivity contribution is 0.211. The van der Waals surface area contributed by atoms with Gasteiger partial charge in [-0.05, 0) is 42.5 Å². The first-order chi connectivity index (χ1) is 15.7. The van der Waals surface area contributed by atoms with Crippen LogP contribution in [0.2, 0.25) is 0 Å². The summed E-state index contributed by atoms with van der Waals surface area (Å²) in [5, 5.41) is 6.92. The van der Waals surface area contributed by atoms with Crippen LogP contribution in [0.4, 0.5) is 17.6 Å². The zero-order chi connectivity index (χ0) is 22.2. The number of rotatable bonds is 9. The van der Waals surface area contributed by atoms with E-state index in [1.165, 1.54) is 11.1 Å². The Bertz CT molecular complexity index is 971. The number of likely N-dealkylation sites (tertiary alicyclic amines) is 1. The SMILES string of the molecule is COc1ccc(CCNc2cc(NC3CCN(Cc4ccccc4)CC3)nc(N)n2)cc1. The van der Waals surface area contributed by atoms with Gasteiger partial charge in [0.05, 0.1) is 7.11 Å². The number of nitrogens with one attached hydrogen (secondary N) is 2. The molecule has 0 radical (unpaired) electrons. The van der Waals surface area contributed by atoms with E-state index >= 15 is 0 Å². The molecule has 168 valence electrons. The third kappa shape index (κ3) is 6.34. The number of ether oxygens (including phenoxy) is 1. The predicted molar refractivity (Wildman–Crippen MR) is 130 cm³/mol. The van der Waals surface area contributed by atoms with Crippen molar-refractivity contribution in [2.75, 3.05) is 43.1 Å². The van der Waals surface area contributed by atoms with Gasteiger partial charge in [-0.1, -0.05) is 42.5 Å². The van der Waals surface area contributed by atoms with E-state index in [9.17, 15) is 0 Å². The fraction of sp³-hybridized carbons (Fsp3) is 0.360. The number of nitrogens with zero attached hydrogens (tertiary/aromatic N) is 3. The molecular weight excluding hydrogens is 400 g/mol. The van der Waals surface area contributed by atoms with E-state index < -0.39 is 0 Å². The second kappa shape index (κ2) is 10.8. The van der Waals surface area contributed by atoms with Crippen molar-refractivity contribution in [2.24, 2.45) is 0 Å². The monoisotopic (exact) mass is 432 g/mol. The lowest BCUT2D eigenvalue weighted by Gasteiger charge is -2.32. The molecule has 0 atom stereocenters. The van der Waals surface area contributed by atoms with E-state index in [4.69, 9.17) is 10.5 Å². The normalized spacial score (nSPS) is 14.8. The molecule has 2 aromatic carbocycles. The molecule has 0 aliphatic carbocycles. The molecule has 4 N–H and O–H groups in total. The van der Waals surface area contributed by atoms with Gasteiger partial charge < -0.3 is 21.1 Å². The van der Waals surface area contributed by atoms with Gasteiger partial charge in [0.1, 0.15) is 17.4 Å². The van der Waals surface area contributed by atoms with E-state index in [-0.39, 0.29) is 5.95 Å². The number of nitrogen functional groups attached to an aromatic ring is 1. The van der Waals surface area contributed by atoms with Crippen LogP contribution in [-0.4, -0.2) is 47.7 Å². The minimum atomic E-state index is 0.281. The first-order valence-electron chi connectivity index (χ1n) is 11.2. The zero-order valence-corrected chi connectivity index (χ0v) is 18.6. The first kappa shape index (κ1) is 21.9. The van der Waals surface area contributed by atoms with Crippen molar-refractivity contribution in [2.45, 2.75) is 31.8 Å². The van der Waals surface area contributed by atoms with E-state index in [2.05, 4.69) is 68.0 Å². The van der Waals surface area contributed by atoms with Gasteiger partial charge in [0, 0.05) is 38.3 Å². The van der Waals surface area contributed by atoms with Crippen LogP contribution < -0.4 is 21.1 Å². The molecule has 32 heavy (non-hydrogen) atoms. The number of hydrogen-bond donors (Lipinski definition) is 3. The lowest BCUT2D eigenvalue weighted by atomic mass is 10.0. The summed E-state index contributed by atoms with van der Waals surface area (Å²) >= 11 is 0. The Morgan fingerprint density at radius 3 is 2.41 bits per heavy atom. The molecule has 3 aromatic rings. The highest BCUT2D eigenvalue weighted by molar-refractivity contribution is 5.51. The first-order valence-corrected chi connectivity index (χ1v) is 11.2. The molecule has 1 saturated heterocycles. The molecule has 1 aliphatic heterocycles. The average molecular weight is 433 g/mol. The van der Waals surface area contributed by atoms with Gasteiger partial charge in [-0.3, -0.25) is 4.90 Å². The Kier molecular flexibility index (Phi) is 7.40. The number of methoxy groups -OCH3 is 1. The van der Waals surface area contributed by atoms with Crippen LogP contribution >= 0.6 is 0 Å². The number of nitrogens with two attached hydrogens (primary N) is 1. The maximum Gasteiger partial charge on any atom is 0.223 e. The van der Waals surface area contributed by atoms with E-state index in [1.807, 2.05) is 18.2 Å². The Morgan fingerprint density at radius 2 is 1.69 bits per heavy atom. The van der Waals surface area contributed by atoms with Crippen molar-refractivity contribution in [3.05, 3.63) is 71.8 Å². The average Bonchev–Trinajstić information content (AvgIpc) is 2.81. The van der Waals surface area contributed by atoms with Crippen LogP contribution in [0, 0.1) is 0 Å². The van der Waals surface area contributed by atoms with E-state index in [1.54, 1.807) is 7.11 Å². The van der Waals surface area contributed by atoms with E-state index in [0.717, 1.165) is 62.8 Å². The summed E-state index contributed by atoms with van der Waals surface area (Å²) in [4.78, 5) is 11.2. The highest BCUT2D eigenvalue weighted by Crippen LogP contribution is 2.20. The highest BCUT2D eigenvalue weighted by Gasteiger charge is 2.19. The van der Waals surface area contributed by atoms with Crippen molar-refractivity contribution in [1.29, 1.82) is 0 Å². The molecule has 2 heterocycles. The Balaban J connectivity index is 1.25. The zero-order valence-electron chi connectivity index (χ0n) is 18.6. The largest absolute Gasteiger partial charge is 0.497 e. The summed E-state index contributed by atoms with van der Waals surface area (Å²) in [6.07, 6.45) is 3.05. The molecule has 7 heteroatoms. The number of piperidine rings is 1. The molecule has 1 aromatic heterocycles. The van der Waals surface area contributed by atoms with E-state index in [0.29, 0.717) is 6.04 Å². The Morgan fingerprint density at radius 1 is 0.969 bits per heavy atom. The molecule has 0 spiro atoms. The lowest BCUT2D eigenvalue weighted by Crippen LogP contribution is -2.38. The van der Waals surface area contributed by atoms with Crippen LogP contribution in [0.25, 0.3) is 0 Å². The van der Waals surface area contributed by atoms with Gasteiger partial charge in [-0.15, -0.1) is 0 Å². The number of aromatic nitrogens is 2. The van der Waals surface area contributed by atoms with Crippen LogP contribution in [-0.2, 0) is 13.0 Å². The summed E-state index contributed by atoms with van der Waals surface area (Å²) in [5.41, 5.74) is 8.57. The minimum absolute atomic E-state index is 0.281. The molecule has 0 bridgehead atoms. The molecule has 0 saturated carbocycles. The molecular formula is C25H32N6O. The molecule has 1 fully saturated rings. The molecule has 1 aliphatic rings. The number of anilines is 3.